The van der Waals surface area contributed by atoms with Crippen molar-refractivity contribution in [1.29, 1.82) is 0 Å². The average molecular weight is 217 g/mol. The van der Waals surface area contributed by atoms with E-state index in [9.17, 15) is 0 Å². The fourth-order valence-electron chi connectivity index (χ4n) is 1.80. The van der Waals surface area contributed by atoms with Crippen molar-refractivity contribution >= 4 is 11.0 Å². The normalized spacial score (nSPS) is 12.2. The molecule has 2 N–H and O–H groups in total. The van der Waals surface area contributed by atoms with Crippen LogP contribution >= 0.6 is 0 Å². The Morgan fingerprint density at radius 3 is 2.75 bits per heavy atom. The zero-order valence-corrected chi connectivity index (χ0v) is 9.99. The van der Waals surface area contributed by atoms with Crippen molar-refractivity contribution in [2.24, 2.45) is 11.1 Å². The standard InChI is InChI=1S/C14H19NO/c1-14(2,10-15)8-7-11-9-16-13-6-4-3-5-12(11)13/h3-6,9H,7-8,10,15H2,1-2H3. The maximum Gasteiger partial charge on any atom is 0.134 e. The number of nitrogens with two attached hydrogens (primary N) is 1. The second kappa shape index (κ2) is 4.30. The monoisotopic (exact) mass is 217 g/mol. The molecule has 1 aromatic carbocycles. The summed E-state index contributed by atoms with van der Waals surface area (Å²) >= 11 is 0. The van der Waals surface area contributed by atoms with Crippen molar-refractivity contribution in [3.63, 3.8) is 0 Å². The average Bonchev–Trinajstić information content (AvgIpc) is 2.70. The van der Waals surface area contributed by atoms with E-state index in [0.717, 1.165) is 25.0 Å². The minimum atomic E-state index is 0.207. The van der Waals surface area contributed by atoms with Crippen LogP contribution in [0.3, 0.4) is 0 Å². The molecule has 86 valence electrons. The predicted octanol–water partition coefficient (Wildman–Crippen LogP) is 3.35. The van der Waals surface area contributed by atoms with Crippen molar-refractivity contribution < 1.29 is 4.42 Å². The summed E-state index contributed by atoms with van der Waals surface area (Å²) < 4.78 is 5.52. The summed E-state index contributed by atoms with van der Waals surface area (Å²) in [4.78, 5) is 0. The number of benzene rings is 1. The van der Waals surface area contributed by atoms with Gasteiger partial charge in [0.25, 0.3) is 0 Å². The van der Waals surface area contributed by atoms with Crippen LogP contribution in [0.25, 0.3) is 11.0 Å². The molecule has 0 saturated heterocycles. The maximum atomic E-state index is 5.73. The first-order valence-electron chi connectivity index (χ1n) is 5.77. The molecule has 16 heavy (non-hydrogen) atoms. The number of aryl methyl sites for hydroxylation is 1. The van der Waals surface area contributed by atoms with Gasteiger partial charge in [0.2, 0.25) is 0 Å². The fraction of sp³-hybridized carbons (Fsp3) is 0.429. The number of rotatable bonds is 4. The van der Waals surface area contributed by atoms with Crippen LogP contribution in [0.2, 0.25) is 0 Å². The highest BCUT2D eigenvalue weighted by atomic mass is 16.3. The zero-order chi connectivity index (χ0) is 11.6. The molecule has 0 unspecified atom stereocenters. The van der Waals surface area contributed by atoms with Gasteiger partial charge in [0, 0.05) is 5.39 Å². The molecule has 0 radical (unpaired) electrons. The largest absolute Gasteiger partial charge is 0.464 e. The van der Waals surface area contributed by atoms with E-state index in [-0.39, 0.29) is 5.41 Å². The Morgan fingerprint density at radius 2 is 2.00 bits per heavy atom. The first-order valence-corrected chi connectivity index (χ1v) is 5.77. The van der Waals surface area contributed by atoms with Crippen molar-refractivity contribution in [2.75, 3.05) is 6.54 Å². The molecule has 0 bridgehead atoms. The smallest absolute Gasteiger partial charge is 0.134 e. The molecule has 1 aromatic heterocycles. The molecule has 0 aliphatic rings. The lowest BCUT2D eigenvalue weighted by molar-refractivity contribution is 0.348. The lowest BCUT2D eigenvalue weighted by Crippen LogP contribution is -2.23. The minimum Gasteiger partial charge on any atom is -0.464 e. The summed E-state index contributed by atoms with van der Waals surface area (Å²) in [6.45, 7) is 5.13. The van der Waals surface area contributed by atoms with Crippen LogP contribution in [0.15, 0.2) is 34.9 Å². The highest BCUT2D eigenvalue weighted by Crippen LogP contribution is 2.26. The molecule has 1 heterocycles. The SMILES string of the molecule is CC(C)(CN)CCc1coc2ccccc12. The number of para-hydroxylation sites is 1. The van der Waals surface area contributed by atoms with E-state index < -0.39 is 0 Å². The van der Waals surface area contributed by atoms with Crippen LogP contribution < -0.4 is 5.73 Å². The Kier molecular flexibility index (Phi) is 3.01. The van der Waals surface area contributed by atoms with E-state index in [2.05, 4.69) is 26.0 Å². The molecule has 0 amide bonds. The van der Waals surface area contributed by atoms with Crippen LogP contribution in [-0.4, -0.2) is 6.54 Å². The molecule has 0 fully saturated rings. The van der Waals surface area contributed by atoms with E-state index in [1.54, 1.807) is 0 Å². The van der Waals surface area contributed by atoms with E-state index >= 15 is 0 Å². The van der Waals surface area contributed by atoms with Crippen molar-refractivity contribution in [3.8, 4) is 0 Å². The Balaban J connectivity index is 2.16. The van der Waals surface area contributed by atoms with Gasteiger partial charge in [0.05, 0.1) is 6.26 Å². The van der Waals surface area contributed by atoms with Crippen molar-refractivity contribution in [2.45, 2.75) is 26.7 Å². The van der Waals surface area contributed by atoms with Gasteiger partial charge in [-0.1, -0.05) is 32.0 Å². The first-order chi connectivity index (χ1) is 7.62. The summed E-state index contributed by atoms with van der Waals surface area (Å²) in [5.41, 5.74) is 8.21. The minimum absolute atomic E-state index is 0.207. The molecule has 2 nitrogen and oxygen atoms in total. The van der Waals surface area contributed by atoms with E-state index in [4.69, 9.17) is 10.2 Å². The molecule has 2 aromatic rings. The molecular weight excluding hydrogens is 198 g/mol. The van der Waals surface area contributed by atoms with E-state index in [0.29, 0.717) is 0 Å². The summed E-state index contributed by atoms with van der Waals surface area (Å²) in [6.07, 6.45) is 3.99. The summed E-state index contributed by atoms with van der Waals surface area (Å²) in [6, 6.07) is 8.17. The van der Waals surface area contributed by atoms with Gasteiger partial charge in [0.1, 0.15) is 5.58 Å². The second-order valence-electron chi connectivity index (χ2n) is 5.13. The highest BCUT2D eigenvalue weighted by Gasteiger charge is 2.16. The third-order valence-electron chi connectivity index (χ3n) is 3.18. The number of fused-ring (bicyclic) bond motifs is 1. The number of hydrogen-bond donors (Lipinski definition) is 1. The molecule has 0 aliphatic heterocycles. The Hall–Kier alpha value is -1.28. The first kappa shape index (κ1) is 11.2. The lowest BCUT2D eigenvalue weighted by Gasteiger charge is -2.21. The highest BCUT2D eigenvalue weighted by molar-refractivity contribution is 5.80. The lowest BCUT2D eigenvalue weighted by atomic mass is 9.86. The van der Waals surface area contributed by atoms with Crippen molar-refractivity contribution in [1.82, 2.24) is 0 Å². The molecule has 0 atom stereocenters. The van der Waals surface area contributed by atoms with E-state index in [1.807, 2.05) is 18.4 Å². The zero-order valence-electron chi connectivity index (χ0n) is 9.99. The Bertz CT molecular complexity index is 470. The molecule has 0 spiro atoms. The van der Waals surface area contributed by atoms with Gasteiger partial charge >= 0.3 is 0 Å². The molecule has 0 aliphatic carbocycles. The predicted molar refractivity (Wildman–Crippen MR) is 67.4 cm³/mol. The van der Waals surface area contributed by atoms with Crippen LogP contribution in [0.4, 0.5) is 0 Å². The quantitative estimate of drug-likeness (QED) is 0.853. The summed E-state index contributed by atoms with van der Waals surface area (Å²) in [5.74, 6) is 0. The summed E-state index contributed by atoms with van der Waals surface area (Å²) in [5, 5.41) is 1.23. The Morgan fingerprint density at radius 1 is 1.25 bits per heavy atom. The number of hydrogen-bond acceptors (Lipinski definition) is 2. The topological polar surface area (TPSA) is 39.2 Å². The second-order valence-corrected chi connectivity index (χ2v) is 5.13. The third-order valence-corrected chi connectivity index (χ3v) is 3.18. The van der Waals surface area contributed by atoms with Crippen LogP contribution in [-0.2, 0) is 6.42 Å². The molecule has 2 heteroatoms. The van der Waals surface area contributed by atoms with Gasteiger partial charge in [-0.3, -0.25) is 0 Å². The van der Waals surface area contributed by atoms with Crippen LogP contribution in [0.5, 0.6) is 0 Å². The fourth-order valence-corrected chi connectivity index (χ4v) is 1.80. The summed E-state index contributed by atoms with van der Waals surface area (Å²) in [7, 11) is 0. The van der Waals surface area contributed by atoms with Crippen LogP contribution in [0.1, 0.15) is 25.8 Å². The number of furan rings is 1. The van der Waals surface area contributed by atoms with Gasteiger partial charge < -0.3 is 10.2 Å². The Labute approximate surface area is 96.4 Å². The third kappa shape index (κ3) is 2.27. The van der Waals surface area contributed by atoms with E-state index in [1.165, 1.54) is 10.9 Å². The van der Waals surface area contributed by atoms with Gasteiger partial charge in [0.15, 0.2) is 0 Å². The van der Waals surface area contributed by atoms with Gasteiger partial charge in [-0.25, -0.2) is 0 Å². The van der Waals surface area contributed by atoms with Crippen LogP contribution in [0, 0.1) is 5.41 Å². The van der Waals surface area contributed by atoms with Gasteiger partial charge in [-0.2, -0.15) is 0 Å². The van der Waals surface area contributed by atoms with Gasteiger partial charge in [-0.05, 0) is 36.4 Å². The molecule has 0 saturated carbocycles. The van der Waals surface area contributed by atoms with Gasteiger partial charge in [-0.15, -0.1) is 0 Å². The molecular formula is C14H19NO. The molecule has 2 rings (SSSR count). The maximum absolute atomic E-state index is 5.73. The van der Waals surface area contributed by atoms with Crippen molar-refractivity contribution in [3.05, 3.63) is 36.1 Å².